The Bertz CT molecular complexity index is 373. The van der Waals surface area contributed by atoms with Gasteiger partial charge in [-0.05, 0) is 36.1 Å². The van der Waals surface area contributed by atoms with Crippen molar-refractivity contribution in [2.45, 2.75) is 25.0 Å². The third-order valence-electron chi connectivity index (χ3n) is 2.54. The maximum Gasteiger partial charge on any atom is 0.159 e. The Morgan fingerprint density at radius 1 is 1.21 bits per heavy atom. The molecule has 0 aromatic heterocycles. The Kier molecular flexibility index (Phi) is 2.05. The fraction of sp³-hybridized carbons (Fsp3) is 0.400. The summed E-state index contributed by atoms with van der Waals surface area (Å²) >= 11 is 0. The van der Waals surface area contributed by atoms with Gasteiger partial charge in [0.15, 0.2) is 11.6 Å². The van der Waals surface area contributed by atoms with Crippen LogP contribution in [0.5, 0.6) is 0 Å². The van der Waals surface area contributed by atoms with Gasteiger partial charge in [0.05, 0.1) is 12.2 Å². The van der Waals surface area contributed by atoms with Crippen LogP contribution in [0.1, 0.15) is 24.0 Å². The van der Waals surface area contributed by atoms with Crippen LogP contribution in [0.4, 0.5) is 8.78 Å². The fourth-order valence-electron chi connectivity index (χ4n) is 1.54. The van der Waals surface area contributed by atoms with E-state index < -0.39 is 23.8 Å². The molecule has 1 saturated carbocycles. The summed E-state index contributed by atoms with van der Waals surface area (Å²) in [5.41, 5.74) is -0.491. The van der Waals surface area contributed by atoms with Gasteiger partial charge in [0.25, 0.3) is 0 Å². The lowest BCUT2D eigenvalue weighted by molar-refractivity contribution is 0.146. The van der Waals surface area contributed by atoms with Crippen LogP contribution in [-0.2, 0) is 12.2 Å². The molecular weight excluding hydrogens is 190 g/mol. The summed E-state index contributed by atoms with van der Waals surface area (Å²) in [6, 6.07) is 1.90. The van der Waals surface area contributed by atoms with Crippen molar-refractivity contribution >= 4 is 0 Å². The number of aliphatic hydroxyl groups is 2. The predicted octanol–water partition coefficient (Wildman–Crippen LogP) is 1.44. The van der Waals surface area contributed by atoms with E-state index in [0.717, 1.165) is 12.1 Å². The normalized spacial score (nSPS) is 18.3. The fourth-order valence-corrected chi connectivity index (χ4v) is 1.54. The highest BCUT2D eigenvalue weighted by atomic mass is 19.2. The van der Waals surface area contributed by atoms with Crippen LogP contribution in [0, 0.1) is 11.6 Å². The minimum Gasteiger partial charge on any atom is -0.392 e. The maximum atomic E-state index is 12.9. The second-order valence-electron chi connectivity index (χ2n) is 3.61. The van der Waals surface area contributed by atoms with E-state index in [1.165, 1.54) is 0 Å². The van der Waals surface area contributed by atoms with Gasteiger partial charge in [0, 0.05) is 0 Å². The van der Waals surface area contributed by atoms with Gasteiger partial charge in [-0.15, -0.1) is 0 Å². The van der Waals surface area contributed by atoms with Crippen LogP contribution < -0.4 is 0 Å². The van der Waals surface area contributed by atoms with Gasteiger partial charge in [-0.25, -0.2) is 8.78 Å². The van der Waals surface area contributed by atoms with Crippen molar-refractivity contribution < 1.29 is 19.0 Å². The molecule has 1 aromatic rings. The van der Waals surface area contributed by atoms with Gasteiger partial charge in [-0.1, -0.05) is 0 Å². The largest absolute Gasteiger partial charge is 0.392 e. The molecule has 0 saturated heterocycles. The highest BCUT2D eigenvalue weighted by molar-refractivity contribution is 5.36. The molecule has 4 heteroatoms. The number of halogens is 2. The van der Waals surface area contributed by atoms with Crippen molar-refractivity contribution in [3.05, 3.63) is 34.9 Å². The predicted molar refractivity (Wildman–Crippen MR) is 45.4 cm³/mol. The molecule has 2 N–H and O–H groups in total. The molecule has 1 aliphatic carbocycles. The quantitative estimate of drug-likeness (QED) is 0.758. The summed E-state index contributed by atoms with van der Waals surface area (Å²) in [5, 5.41) is 18.7. The van der Waals surface area contributed by atoms with Gasteiger partial charge in [-0.2, -0.15) is 0 Å². The van der Waals surface area contributed by atoms with Crippen molar-refractivity contribution in [2.75, 3.05) is 0 Å². The van der Waals surface area contributed by atoms with Gasteiger partial charge < -0.3 is 10.2 Å². The first kappa shape index (κ1) is 9.55. The average Bonchev–Trinajstić information content (AvgIpc) is 2.89. The maximum absolute atomic E-state index is 12.9. The van der Waals surface area contributed by atoms with Crippen LogP contribution in [0.15, 0.2) is 12.1 Å². The minimum atomic E-state index is -1.05. The number of benzene rings is 1. The topological polar surface area (TPSA) is 40.5 Å². The standard InChI is InChI=1S/C10H10F2O2/c11-8-3-6(5-13)7(4-9(8)12)10(14)1-2-10/h3-4,13-14H,1-2,5H2. The zero-order chi connectivity index (χ0) is 10.3. The molecule has 1 aliphatic rings. The van der Waals surface area contributed by atoms with Gasteiger partial charge >= 0.3 is 0 Å². The van der Waals surface area contributed by atoms with Gasteiger partial charge in [0.2, 0.25) is 0 Å². The van der Waals surface area contributed by atoms with Crippen LogP contribution in [0.3, 0.4) is 0 Å². The summed E-state index contributed by atoms with van der Waals surface area (Å²) in [4.78, 5) is 0. The number of hydrogen-bond acceptors (Lipinski definition) is 2. The summed E-state index contributed by atoms with van der Waals surface area (Å²) < 4.78 is 25.7. The summed E-state index contributed by atoms with van der Waals surface area (Å²) in [6.07, 6.45) is 1.07. The molecule has 0 atom stereocenters. The van der Waals surface area contributed by atoms with E-state index in [-0.39, 0.29) is 5.56 Å². The van der Waals surface area contributed by atoms with Crippen molar-refractivity contribution in [3.8, 4) is 0 Å². The molecule has 14 heavy (non-hydrogen) atoms. The van der Waals surface area contributed by atoms with E-state index in [1.807, 2.05) is 0 Å². The Labute approximate surface area is 79.8 Å². The molecule has 0 unspecified atom stereocenters. The summed E-state index contributed by atoms with van der Waals surface area (Å²) in [6.45, 7) is -0.394. The van der Waals surface area contributed by atoms with E-state index in [2.05, 4.69) is 0 Å². The lowest BCUT2D eigenvalue weighted by atomic mass is 10.0. The van der Waals surface area contributed by atoms with Gasteiger partial charge in [-0.3, -0.25) is 0 Å². The smallest absolute Gasteiger partial charge is 0.159 e. The number of rotatable bonds is 2. The summed E-state index contributed by atoms with van der Waals surface area (Å²) in [7, 11) is 0. The van der Waals surface area contributed by atoms with E-state index >= 15 is 0 Å². The molecule has 0 amide bonds. The molecule has 0 spiro atoms. The SMILES string of the molecule is OCc1cc(F)c(F)cc1C1(O)CC1. The first-order valence-corrected chi connectivity index (χ1v) is 4.38. The Balaban J connectivity index is 2.52. The lowest BCUT2D eigenvalue weighted by Gasteiger charge is -2.13. The van der Waals surface area contributed by atoms with Crippen LogP contribution in [0.25, 0.3) is 0 Å². The Morgan fingerprint density at radius 2 is 1.79 bits per heavy atom. The van der Waals surface area contributed by atoms with E-state index in [9.17, 15) is 13.9 Å². The van der Waals surface area contributed by atoms with Crippen molar-refractivity contribution in [1.29, 1.82) is 0 Å². The van der Waals surface area contributed by atoms with E-state index in [1.54, 1.807) is 0 Å². The molecule has 0 aliphatic heterocycles. The second-order valence-corrected chi connectivity index (χ2v) is 3.61. The van der Waals surface area contributed by atoms with Crippen LogP contribution in [0.2, 0.25) is 0 Å². The molecule has 2 nitrogen and oxygen atoms in total. The lowest BCUT2D eigenvalue weighted by Crippen LogP contribution is -2.10. The molecule has 1 aromatic carbocycles. The Hall–Kier alpha value is -1.00. The third kappa shape index (κ3) is 1.40. The van der Waals surface area contributed by atoms with Gasteiger partial charge in [0.1, 0.15) is 0 Å². The average molecular weight is 200 g/mol. The first-order valence-electron chi connectivity index (χ1n) is 4.38. The van der Waals surface area contributed by atoms with Crippen molar-refractivity contribution in [2.24, 2.45) is 0 Å². The first-order chi connectivity index (χ1) is 6.57. The van der Waals surface area contributed by atoms with Crippen molar-refractivity contribution in [3.63, 3.8) is 0 Å². The Morgan fingerprint density at radius 3 is 2.29 bits per heavy atom. The molecular formula is C10H10F2O2. The van der Waals surface area contributed by atoms with Crippen molar-refractivity contribution in [1.82, 2.24) is 0 Å². The van der Waals surface area contributed by atoms with Crippen LogP contribution in [-0.4, -0.2) is 10.2 Å². The zero-order valence-corrected chi connectivity index (χ0v) is 7.43. The highest BCUT2D eigenvalue weighted by Crippen LogP contribution is 2.46. The van der Waals surface area contributed by atoms with E-state index in [4.69, 9.17) is 5.11 Å². The molecule has 1 fully saturated rings. The molecule has 0 bridgehead atoms. The molecule has 76 valence electrons. The molecule has 2 rings (SSSR count). The molecule has 0 radical (unpaired) electrons. The summed E-state index contributed by atoms with van der Waals surface area (Å²) in [5.74, 6) is -1.99. The second kappa shape index (κ2) is 3.00. The number of aliphatic hydroxyl groups excluding tert-OH is 1. The van der Waals surface area contributed by atoms with Crippen LogP contribution >= 0.6 is 0 Å². The monoisotopic (exact) mass is 200 g/mol. The third-order valence-corrected chi connectivity index (χ3v) is 2.54. The number of hydrogen-bond donors (Lipinski definition) is 2. The van der Waals surface area contributed by atoms with E-state index in [0.29, 0.717) is 18.4 Å². The molecule has 0 heterocycles. The highest BCUT2D eigenvalue weighted by Gasteiger charge is 2.44. The minimum absolute atomic E-state index is 0.254. The zero-order valence-electron chi connectivity index (χ0n) is 7.43.